The zero-order valence-corrected chi connectivity index (χ0v) is 6.73. The normalized spacial score (nSPS) is 12.2. The summed E-state index contributed by atoms with van der Waals surface area (Å²) in [7, 11) is 0. The molecule has 1 unspecified atom stereocenters. The van der Waals surface area contributed by atoms with Crippen LogP contribution in [0.1, 0.15) is 13.3 Å². The predicted molar refractivity (Wildman–Crippen MR) is 39.1 cm³/mol. The maximum Gasteiger partial charge on any atom is 0.308 e. The van der Waals surface area contributed by atoms with Crippen LogP contribution < -0.4 is 0 Å². The lowest BCUT2D eigenvalue weighted by molar-refractivity contribution is -0.490. The van der Waals surface area contributed by atoms with Gasteiger partial charge in [-0.3, -0.25) is 14.9 Å². The number of ether oxygens (including phenoxy) is 1. The Kier molecular flexibility index (Phi) is 4.94. The lowest BCUT2D eigenvalue weighted by Gasteiger charge is -2.04. The molecular weight excluding hydrogens is 166 g/mol. The van der Waals surface area contributed by atoms with E-state index in [0.29, 0.717) is 0 Å². The zero-order valence-electron chi connectivity index (χ0n) is 6.73. The monoisotopic (exact) mass is 177 g/mol. The van der Waals surface area contributed by atoms with Crippen molar-refractivity contribution in [3.8, 4) is 0 Å². The van der Waals surface area contributed by atoms with Crippen molar-refractivity contribution < 1.29 is 19.6 Å². The number of aliphatic hydroxyl groups excluding tert-OH is 1. The van der Waals surface area contributed by atoms with Gasteiger partial charge in [-0.15, -0.1) is 0 Å². The van der Waals surface area contributed by atoms with Gasteiger partial charge in [-0.2, -0.15) is 0 Å². The Bertz CT molecular complexity index is 169. The molecule has 0 aliphatic heterocycles. The standard InChI is InChI=1S/C6H11NO5/c1-2-12-6(9)3-5(8)4-7(10)11/h5,8H,2-4H2,1H3. The molecule has 6 nitrogen and oxygen atoms in total. The molecule has 0 spiro atoms. The fraction of sp³-hybridized carbons (Fsp3) is 0.833. The minimum Gasteiger partial charge on any atom is -0.466 e. The van der Waals surface area contributed by atoms with Crippen molar-refractivity contribution in [2.75, 3.05) is 13.2 Å². The van der Waals surface area contributed by atoms with Gasteiger partial charge in [-0.25, -0.2) is 0 Å². The maximum atomic E-state index is 10.6. The van der Waals surface area contributed by atoms with Crippen molar-refractivity contribution in [1.29, 1.82) is 0 Å². The maximum absolute atomic E-state index is 10.6. The van der Waals surface area contributed by atoms with Gasteiger partial charge in [-0.05, 0) is 6.92 Å². The van der Waals surface area contributed by atoms with Crippen LogP contribution in [0.5, 0.6) is 0 Å². The van der Waals surface area contributed by atoms with E-state index < -0.39 is 23.5 Å². The van der Waals surface area contributed by atoms with Gasteiger partial charge >= 0.3 is 5.97 Å². The Morgan fingerprint density at radius 3 is 2.75 bits per heavy atom. The highest BCUT2D eigenvalue weighted by atomic mass is 16.6. The van der Waals surface area contributed by atoms with Gasteiger partial charge in [0.1, 0.15) is 6.10 Å². The molecule has 0 amide bonds. The van der Waals surface area contributed by atoms with E-state index in [2.05, 4.69) is 4.74 Å². The Balaban J connectivity index is 3.61. The number of nitrogens with zero attached hydrogens (tertiary/aromatic N) is 1. The second kappa shape index (κ2) is 5.48. The molecule has 0 saturated carbocycles. The summed E-state index contributed by atoms with van der Waals surface area (Å²) in [6, 6.07) is 0. The molecule has 12 heavy (non-hydrogen) atoms. The third-order valence-corrected chi connectivity index (χ3v) is 1.07. The molecule has 1 N–H and O–H groups in total. The molecule has 0 aliphatic carbocycles. The van der Waals surface area contributed by atoms with Crippen LogP contribution in [0.25, 0.3) is 0 Å². The molecule has 0 fully saturated rings. The summed E-state index contributed by atoms with van der Waals surface area (Å²) in [5, 5.41) is 18.7. The molecule has 0 aromatic rings. The number of rotatable bonds is 5. The Labute approximate surface area is 69.3 Å². The molecule has 0 aromatic carbocycles. The van der Waals surface area contributed by atoms with Crippen molar-refractivity contribution in [2.45, 2.75) is 19.4 Å². The summed E-state index contributed by atoms with van der Waals surface area (Å²) in [6.07, 6.45) is -1.58. The summed E-state index contributed by atoms with van der Waals surface area (Å²) in [6.45, 7) is 1.21. The SMILES string of the molecule is CCOC(=O)CC(O)C[N+](=O)[O-]. The first-order chi connectivity index (χ1) is 5.56. The van der Waals surface area contributed by atoms with Gasteiger partial charge < -0.3 is 9.84 Å². The Hall–Kier alpha value is -1.17. The third-order valence-electron chi connectivity index (χ3n) is 1.07. The van der Waals surface area contributed by atoms with Crippen LogP contribution in [-0.2, 0) is 9.53 Å². The fourth-order valence-corrected chi connectivity index (χ4v) is 0.649. The quantitative estimate of drug-likeness (QED) is 0.350. The molecule has 0 saturated heterocycles. The second-order valence-corrected chi connectivity index (χ2v) is 2.18. The van der Waals surface area contributed by atoms with Gasteiger partial charge in [0.05, 0.1) is 13.0 Å². The summed E-state index contributed by atoms with van der Waals surface area (Å²) >= 11 is 0. The number of hydrogen-bond acceptors (Lipinski definition) is 5. The van der Waals surface area contributed by atoms with Crippen LogP contribution in [-0.4, -0.2) is 35.3 Å². The van der Waals surface area contributed by atoms with E-state index >= 15 is 0 Å². The first kappa shape index (κ1) is 10.8. The highest BCUT2D eigenvalue weighted by molar-refractivity contribution is 5.69. The highest BCUT2D eigenvalue weighted by Gasteiger charge is 2.16. The van der Waals surface area contributed by atoms with Crippen molar-refractivity contribution in [3.63, 3.8) is 0 Å². The molecule has 70 valence electrons. The predicted octanol–water partition coefficient (Wildman–Crippen LogP) is -0.423. The van der Waals surface area contributed by atoms with Crippen molar-refractivity contribution in [2.24, 2.45) is 0 Å². The lowest BCUT2D eigenvalue weighted by atomic mass is 10.2. The number of hydrogen-bond donors (Lipinski definition) is 1. The van der Waals surface area contributed by atoms with Crippen LogP contribution >= 0.6 is 0 Å². The fourth-order valence-electron chi connectivity index (χ4n) is 0.649. The minimum atomic E-state index is -1.25. The molecular formula is C6H11NO5. The highest BCUT2D eigenvalue weighted by Crippen LogP contribution is 1.94. The van der Waals surface area contributed by atoms with Crippen molar-refractivity contribution in [1.82, 2.24) is 0 Å². The van der Waals surface area contributed by atoms with Crippen LogP contribution in [0.4, 0.5) is 0 Å². The molecule has 6 heteroatoms. The smallest absolute Gasteiger partial charge is 0.308 e. The van der Waals surface area contributed by atoms with Crippen LogP contribution in [0.15, 0.2) is 0 Å². The number of nitro groups is 1. The molecule has 0 aliphatic rings. The van der Waals surface area contributed by atoms with Gasteiger partial charge in [0, 0.05) is 4.92 Å². The second-order valence-electron chi connectivity index (χ2n) is 2.18. The van der Waals surface area contributed by atoms with Gasteiger partial charge in [0.15, 0.2) is 0 Å². The summed E-state index contributed by atoms with van der Waals surface area (Å²) in [5.74, 6) is -0.619. The average molecular weight is 177 g/mol. The number of aliphatic hydroxyl groups is 1. The molecule has 0 aromatic heterocycles. The molecule has 0 heterocycles. The van der Waals surface area contributed by atoms with Gasteiger partial charge in [0.2, 0.25) is 6.54 Å². The van der Waals surface area contributed by atoms with Crippen molar-refractivity contribution in [3.05, 3.63) is 10.1 Å². The zero-order chi connectivity index (χ0) is 9.56. The molecule has 0 bridgehead atoms. The number of carbonyl (C=O) groups is 1. The third kappa shape index (κ3) is 5.60. The van der Waals surface area contributed by atoms with E-state index in [1.165, 1.54) is 0 Å². The lowest BCUT2D eigenvalue weighted by Crippen LogP contribution is -2.23. The first-order valence-corrected chi connectivity index (χ1v) is 3.51. The van der Waals surface area contributed by atoms with Crippen molar-refractivity contribution >= 4 is 5.97 Å². The van der Waals surface area contributed by atoms with E-state index in [1.54, 1.807) is 6.92 Å². The van der Waals surface area contributed by atoms with E-state index in [9.17, 15) is 14.9 Å². The molecule has 1 atom stereocenters. The Morgan fingerprint density at radius 2 is 2.33 bits per heavy atom. The van der Waals surface area contributed by atoms with Gasteiger partial charge in [0.25, 0.3) is 0 Å². The summed E-state index contributed by atoms with van der Waals surface area (Å²) in [5.41, 5.74) is 0. The van der Waals surface area contributed by atoms with Crippen LogP contribution in [0.2, 0.25) is 0 Å². The van der Waals surface area contributed by atoms with E-state index in [4.69, 9.17) is 5.11 Å². The van der Waals surface area contributed by atoms with Crippen LogP contribution in [0.3, 0.4) is 0 Å². The molecule has 0 radical (unpaired) electrons. The minimum absolute atomic E-state index is 0.212. The first-order valence-electron chi connectivity index (χ1n) is 3.51. The number of esters is 1. The van der Waals surface area contributed by atoms with E-state index in [-0.39, 0.29) is 13.0 Å². The van der Waals surface area contributed by atoms with E-state index in [1.807, 2.05) is 0 Å². The van der Waals surface area contributed by atoms with Gasteiger partial charge in [-0.1, -0.05) is 0 Å². The largest absolute Gasteiger partial charge is 0.466 e. The summed E-state index contributed by atoms with van der Waals surface area (Å²) < 4.78 is 4.47. The molecule has 0 rings (SSSR count). The summed E-state index contributed by atoms with van der Waals surface area (Å²) in [4.78, 5) is 19.8. The average Bonchev–Trinajstić information content (AvgIpc) is 1.84. The van der Waals surface area contributed by atoms with Crippen LogP contribution in [0, 0.1) is 10.1 Å². The van der Waals surface area contributed by atoms with E-state index in [0.717, 1.165) is 0 Å². The topological polar surface area (TPSA) is 89.7 Å². The number of carbonyl (C=O) groups excluding carboxylic acids is 1. The Morgan fingerprint density at radius 1 is 1.75 bits per heavy atom.